The van der Waals surface area contributed by atoms with Gasteiger partial charge in [-0.2, -0.15) is 0 Å². The number of hydrogen-bond acceptors (Lipinski definition) is 2. The molecule has 0 fully saturated rings. The zero-order chi connectivity index (χ0) is 15.7. The Kier molecular flexibility index (Phi) is 4.34. The third-order valence-electron chi connectivity index (χ3n) is 2.84. The maximum atomic E-state index is 13.8. The molecule has 2 rings (SSSR count). The van der Waals surface area contributed by atoms with Crippen LogP contribution in [0.1, 0.15) is 15.9 Å². The minimum absolute atomic E-state index is 0.151. The highest BCUT2D eigenvalue weighted by Crippen LogP contribution is 2.29. The summed E-state index contributed by atoms with van der Waals surface area (Å²) in [5.74, 6) is -3.14. The van der Waals surface area contributed by atoms with Gasteiger partial charge in [0.05, 0.1) is 16.4 Å². The number of nitrogen functional groups attached to an aromatic ring is 1. The number of rotatable bonds is 2. The second kappa shape index (κ2) is 5.87. The highest BCUT2D eigenvalue weighted by Gasteiger charge is 2.20. The summed E-state index contributed by atoms with van der Waals surface area (Å²) in [4.78, 5) is 12.0. The van der Waals surface area contributed by atoms with E-state index in [0.29, 0.717) is 10.6 Å². The van der Waals surface area contributed by atoms with Crippen molar-refractivity contribution in [2.45, 2.75) is 6.92 Å². The van der Waals surface area contributed by atoms with Gasteiger partial charge in [0.25, 0.3) is 5.91 Å². The molecule has 0 spiro atoms. The van der Waals surface area contributed by atoms with Crippen LogP contribution in [0.4, 0.5) is 20.2 Å². The first-order valence-corrected chi connectivity index (χ1v) is 6.57. The van der Waals surface area contributed by atoms with Gasteiger partial charge in [-0.3, -0.25) is 4.79 Å². The van der Waals surface area contributed by atoms with Crippen LogP contribution in [0.15, 0.2) is 24.3 Å². The Hall–Kier alpha value is -1.85. The highest BCUT2D eigenvalue weighted by molar-refractivity contribution is 6.36. The Morgan fingerprint density at radius 2 is 1.86 bits per heavy atom. The van der Waals surface area contributed by atoms with E-state index in [1.807, 2.05) is 0 Å². The van der Waals surface area contributed by atoms with Crippen molar-refractivity contribution >= 4 is 40.5 Å². The average molecular weight is 331 g/mol. The zero-order valence-electron chi connectivity index (χ0n) is 10.8. The molecule has 3 N–H and O–H groups in total. The number of halogens is 4. The van der Waals surface area contributed by atoms with Crippen molar-refractivity contribution in [1.29, 1.82) is 0 Å². The number of hydrogen-bond donors (Lipinski definition) is 2. The molecule has 21 heavy (non-hydrogen) atoms. The lowest BCUT2D eigenvalue weighted by Crippen LogP contribution is -2.17. The van der Waals surface area contributed by atoms with Crippen molar-refractivity contribution in [3.63, 3.8) is 0 Å². The van der Waals surface area contributed by atoms with E-state index in [4.69, 9.17) is 28.9 Å². The smallest absolute Gasteiger partial charge is 0.261 e. The summed E-state index contributed by atoms with van der Waals surface area (Å²) in [6.07, 6.45) is 0. The Morgan fingerprint density at radius 1 is 1.19 bits per heavy atom. The molecule has 0 saturated carbocycles. The van der Waals surface area contributed by atoms with E-state index in [-0.39, 0.29) is 16.4 Å². The minimum atomic E-state index is -1.12. The molecule has 3 nitrogen and oxygen atoms in total. The fourth-order valence-corrected chi connectivity index (χ4v) is 2.13. The molecule has 0 unspecified atom stereocenters. The van der Waals surface area contributed by atoms with Gasteiger partial charge in [-0.15, -0.1) is 0 Å². The van der Waals surface area contributed by atoms with E-state index in [9.17, 15) is 13.6 Å². The molecular weight excluding hydrogens is 321 g/mol. The number of nitrogens with one attached hydrogen (secondary N) is 1. The molecule has 2 aromatic carbocycles. The van der Waals surface area contributed by atoms with E-state index in [1.165, 1.54) is 12.1 Å². The quantitative estimate of drug-likeness (QED) is 0.801. The van der Waals surface area contributed by atoms with Gasteiger partial charge in [0.1, 0.15) is 11.4 Å². The molecule has 0 aromatic heterocycles. The lowest BCUT2D eigenvalue weighted by molar-refractivity contribution is 0.101. The summed E-state index contributed by atoms with van der Waals surface area (Å²) in [6, 6.07) is 4.89. The first-order valence-electron chi connectivity index (χ1n) is 5.81. The van der Waals surface area contributed by atoms with Gasteiger partial charge in [0, 0.05) is 5.02 Å². The molecule has 1 amide bonds. The lowest BCUT2D eigenvalue weighted by Gasteiger charge is -2.11. The molecule has 7 heteroatoms. The molecule has 0 aliphatic heterocycles. The molecule has 2 aromatic rings. The van der Waals surface area contributed by atoms with Crippen LogP contribution in [0.25, 0.3) is 0 Å². The topological polar surface area (TPSA) is 55.1 Å². The fraction of sp³-hybridized carbons (Fsp3) is 0.0714. The van der Waals surface area contributed by atoms with Crippen molar-refractivity contribution in [2.24, 2.45) is 0 Å². The van der Waals surface area contributed by atoms with E-state index in [0.717, 1.165) is 12.1 Å². The largest absolute Gasteiger partial charge is 0.396 e. The summed E-state index contributed by atoms with van der Waals surface area (Å²) in [6.45, 7) is 1.73. The average Bonchev–Trinajstić information content (AvgIpc) is 2.41. The molecule has 0 heterocycles. The molecule has 0 atom stereocenters. The molecular formula is C14H10Cl2F2N2O. The number of nitrogens with two attached hydrogens (primary N) is 1. The van der Waals surface area contributed by atoms with Crippen LogP contribution in [0.2, 0.25) is 10.0 Å². The third kappa shape index (κ3) is 3.09. The van der Waals surface area contributed by atoms with Crippen LogP contribution in [0.5, 0.6) is 0 Å². The SMILES string of the molecule is Cc1cc(Cl)c(NC(=O)c2c(F)ccc(N)c2F)cc1Cl. The lowest BCUT2D eigenvalue weighted by atomic mass is 10.1. The predicted molar refractivity (Wildman–Crippen MR) is 79.9 cm³/mol. The summed E-state index contributed by atoms with van der Waals surface area (Å²) in [7, 11) is 0. The number of carbonyl (C=O) groups excluding carboxylic acids is 1. The Morgan fingerprint density at radius 3 is 2.52 bits per heavy atom. The maximum Gasteiger partial charge on any atom is 0.261 e. The fourth-order valence-electron chi connectivity index (χ4n) is 1.70. The van der Waals surface area contributed by atoms with Crippen molar-refractivity contribution in [3.8, 4) is 0 Å². The molecule has 0 aliphatic rings. The van der Waals surface area contributed by atoms with Crippen LogP contribution < -0.4 is 11.1 Å². The van der Waals surface area contributed by atoms with E-state index in [1.54, 1.807) is 6.92 Å². The van der Waals surface area contributed by atoms with Crippen LogP contribution in [0, 0.1) is 18.6 Å². The predicted octanol–water partition coefficient (Wildman–Crippen LogP) is 4.41. The number of carbonyl (C=O) groups is 1. The minimum Gasteiger partial charge on any atom is -0.396 e. The molecule has 0 saturated heterocycles. The van der Waals surface area contributed by atoms with Crippen LogP contribution in [-0.4, -0.2) is 5.91 Å². The van der Waals surface area contributed by atoms with Gasteiger partial charge in [-0.1, -0.05) is 23.2 Å². The summed E-state index contributed by atoms with van der Waals surface area (Å²) >= 11 is 11.9. The summed E-state index contributed by atoms with van der Waals surface area (Å²) in [5, 5.41) is 2.88. The number of aryl methyl sites for hydroxylation is 1. The van der Waals surface area contributed by atoms with E-state index >= 15 is 0 Å². The van der Waals surface area contributed by atoms with Gasteiger partial charge in [-0.05, 0) is 36.8 Å². The van der Waals surface area contributed by atoms with Gasteiger partial charge >= 0.3 is 0 Å². The van der Waals surface area contributed by atoms with Crippen LogP contribution in [0.3, 0.4) is 0 Å². The second-order valence-corrected chi connectivity index (χ2v) is 5.18. The second-order valence-electron chi connectivity index (χ2n) is 4.36. The molecule has 0 aliphatic carbocycles. The number of benzene rings is 2. The van der Waals surface area contributed by atoms with Gasteiger partial charge < -0.3 is 11.1 Å². The molecule has 110 valence electrons. The summed E-state index contributed by atoms with van der Waals surface area (Å²) in [5.41, 5.74) is 5.09. The highest BCUT2D eigenvalue weighted by atomic mass is 35.5. The van der Waals surface area contributed by atoms with Crippen LogP contribution >= 0.6 is 23.2 Å². The maximum absolute atomic E-state index is 13.8. The monoisotopic (exact) mass is 330 g/mol. The zero-order valence-corrected chi connectivity index (χ0v) is 12.3. The van der Waals surface area contributed by atoms with Crippen molar-refractivity contribution in [2.75, 3.05) is 11.1 Å². The Labute approximate surface area is 129 Å². The van der Waals surface area contributed by atoms with Crippen molar-refractivity contribution < 1.29 is 13.6 Å². The Bertz CT molecular complexity index is 735. The molecule has 0 radical (unpaired) electrons. The first-order chi connectivity index (χ1) is 9.81. The van der Waals surface area contributed by atoms with Crippen molar-refractivity contribution in [1.82, 2.24) is 0 Å². The number of amides is 1. The van der Waals surface area contributed by atoms with Gasteiger partial charge in [-0.25, -0.2) is 8.78 Å². The van der Waals surface area contributed by atoms with Gasteiger partial charge in [0.2, 0.25) is 0 Å². The van der Waals surface area contributed by atoms with Gasteiger partial charge in [0.15, 0.2) is 5.82 Å². The number of anilines is 2. The van der Waals surface area contributed by atoms with Crippen LogP contribution in [-0.2, 0) is 0 Å². The normalized spacial score (nSPS) is 10.5. The first kappa shape index (κ1) is 15.5. The van der Waals surface area contributed by atoms with Crippen molar-refractivity contribution in [3.05, 3.63) is 57.1 Å². The summed E-state index contributed by atoms with van der Waals surface area (Å²) < 4.78 is 27.4. The molecule has 0 bridgehead atoms. The third-order valence-corrected chi connectivity index (χ3v) is 3.56. The standard InChI is InChI=1S/C14H10Cl2F2N2O/c1-6-4-8(16)11(5-7(6)15)20-14(21)12-9(17)2-3-10(19)13(12)18/h2-5H,19H2,1H3,(H,20,21). The van der Waals surface area contributed by atoms with E-state index < -0.39 is 23.1 Å². The Balaban J connectivity index is 2.40. The van der Waals surface area contributed by atoms with E-state index in [2.05, 4.69) is 5.32 Å².